The van der Waals surface area contributed by atoms with Gasteiger partial charge in [0.05, 0.1) is 33.1 Å². The molecule has 0 saturated carbocycles. The third-order valence-electron chi connectivity index (χ3n) is 6.64. The first-order chi connectivity index (χ1) is 13.3. The van der Waals surface area contributed by atoms with E-state index in [4.69, 9.17) is 16.6 Å². The molecule has 2 aromatic rings. The van der Waals surface area contributed by atoms with Crippen LogP contribution in [0, 0.1) is 29.1 Å². The zero-order valence-electron chi connectivity index (χ0n) is 18.1. The number of carbonyl (C=O) groups excluding carboxylic acids is 1. The Labute approximate surface area is 177 Å². The number of aryl methyl sites for hydroxylation is 1. The van der Waals surface area contributed by atoms with Crippen LogP contribution in [0.1, 0.15) is 52.8 Å². The Morgan fingerprint density at radius 3 is 2.38 bits per heavy atom. The van der Waals surface area contributed by atoms with Crippen LogP contribution in [0.15, 0.2) is 41.7 Å². The van der Waals surface area contributed by atoms with Crippen LogP contribution in [0.5, 0.6) is 0 Å². The summed E-state index contributed by atoms with van der Waals surface area (Å²) in [4.78, 5) is 18.4. The van der Waals surface area contributed by atoms with Gasteiger partial charge in [0.15, 0.2) is 5.78 Å². The lowest BCUT2D eigenvalue weighted by atomic mass is 9.48. The molecule has 4 rings (SSSR count). The molecule has 1 aromatic carbocycles. The highest BCUT2D eigenvalue weighted by Gasteiger charge is 2.66. The van der Waals surface area contributed by atoms with Crippen molar-refractivity contribution in [3.05, 3.63) is 58.0 Å². The van der Waals surface area contributed by atoms with Crippen molar-refractivity contribution < 1.29 is 9.90 Å². The van der Waals surface area contributed by atoms with Gasteiger partial charge in [0.25, 0.3) is 0 Å². The van der Waals surface area contributed by atoms with Crippen molar-refractivity contribution in [1.82, 2.24) is 4.98 Å². The van der Waals surface area contributed by atoms with Gasteiger partial charge in [-0.25, -0.2) is 4.98 Å². The summed E-state index contributed by atoms with van der Waals surface area (Å²) in [5.41, 5.74) is 2.44. The van der Waals surface area contributed by atoms with Gasteiger partial charge in [-0.3, -0.25) is 4.79 Å². The molecular weight excluding hydrogens is 382 g/mol. The first-order valence-corrected chi connectivity index (χ1v) is 10.5. The summed E-state index contributed by atoms with van der Waals surface area (Å²) in [6.07, 6.45) is 2.12. The molecule has 29 heavy (non-hydrogen) atoms. The third kappa shape index (κ3) is 2.56. The van der Waals surface area contributed by atoms with E-state index in [-0.39, 0.29) is 28.3 Å². The molecule has 3 nitrogen and oxygen atoms in total. The van der Waals surface area contributed by atoms with Gasteiger partial charge in [-0.2, -0.15) is 0 Å². The van der Waals surface area contributed by atoms with Crippen molar-refractivity contribution in [2.24, 2.45) is 22.2 Å². The molecule has 1 aromatic heterocycles. The highest BCUT2D eigenvalue weighted by molar-refractivity contribution is 6.36. The van der Waals surface area contributed by atoms with Crippen LogP contribution in [0.25, 0.3) is 16.5 Å². The first kappa shape index (κ1) is 20.2. The average Bonchev–Trinajstić information content (AvgIpc) is 2.69. The molecule has 1 N–H and O–H groups in total. The second-order valence-corrected chi connectivity index (χ2v) is 10.9. The number of hydrogen-bond donors (Lipinski definition) is 1. The Morgan fingerprint density at radius 1 is 1.14 bits per heavy atom. The van der Waals surface area contributed by atoms with Crippen molar-refractivity contribution in [1.29, 1.82) is 0 Å². The van der Waals surface area contributed by atoms with Gasteiger partial charge in [-0.15, -0.1) is 0 Å². The van der Waals surface area contributed by atoms with E-state index in [9.17, 15) is 9.90 Å². The largest absolute Gasteiger partial charge is 0.510 e. The molecule has 0 fully saturated rings. The molecule has 0 bridgehead atoms. The number of allylic oxidation sites excluding steroid dienone is 3. The standard InChI is InChI=1S/C25H28ClNO2/c1-13-9-8-10-14-16(26)11-17(27-20(13)14)18-21(28)19-15(23(2,3)4)12-25(19,22(18)29)24(5,6)7/h8-12,19,29H,1-7H3. The fourth-order valence-corrected chi connectivity index (χ4v) is 5.22. The van der Waals surface area contributed by atoms with Gasteiger partial charge in [0, 0.05) is 5.39 Å². The normalized spacial score (nSPS) is 24.6. The van der Waals surface area contributed by atoms with Gasteiger partial charge < -0.3 is 5.11 Å². The minimum Gasteiger partial charge on any atom is -0.510 e. The Hall–Kier alpha value is -2.13. The number of halogens is 1. The Kier molecular flexibility index (Phi) is 4.13. The average molecular weight is 410 g/mol. The minimum atomic E-state index is -0.698. The van der Waals surface area contributed by atoms with Crippen molar-refractivity contribution in [3.63, 3.8) is 0 Å². The number of benzene rings is 1. The fourth-order valence-electron chi connectivity index (χ4n) is 4.96. The van der Waals surface area contributed by atoms with E-state index in [1.807, 2.05) is 25.1 Å². The second kappa shape index (κ2) is 5.95. The summed E-state index contributed by atoms with van der Waals surface area (Å²) in [5.74, 6) is -0.281. The van der Waals surface area contributed by atoms with Crippen LogP contribution in [-0.2, 0) is 4.79 Å². The maximum Gasteiger partial charge on any atom is 0.176 e. The predicted octanol–water partition coefficient (Wildman–Crippen LogP) is 6.68. The van der Waals surface area contributed by atoms with Crippen molar-refractivity contribution in [3.8, 4) is 0 Å². The van der Waals surface area contributed by atoms with Crippen molar-refractivity contribution in [2.75, 3.05) is 0 Å². The molecule has 0 spiro atoms. The number of nitrogens with zero attached hydrogens (tertiary/aromatic N) is 1. The molecule has 1 heterocycles. The number of fused-ring (bicyclic) bond motifs is 2. The Bertz CT molecular complexity index is 1130. The van der Waals surface area contributed by atoms with Crippen molar-refractivity contribution in [2.45, 2.75) is 48.5 Å². The molecule has 152 valence electrons. The van der Waals surface area contributed by atoms with E-state index >= 15 is 0 Å². The van der Waals surface area contributed by atoms with E-state index in [0.29, 0.717) is 16.3 Å². The van der Waals surface area contributed by atoms with Crippen LogP contribution in [0.4, 0.5) is 0 Å². The maximum atomic E-state index is 13.7. The van der Waals surface area contributed by atoms with Crippen LogP contribution < -0.4 is 0 Å². The van der Waals surface area contributed by atoms with E-state index in [2.05, 4.69) is 47.6 Å². The van der Waals surface area contributed by atoms with Gasteiger partial charge in [0.1, 0.15) is 5.76 Å². The summed E-state index contributed by atoms with van der Waals surface area (Å²) in [6.45, 7) is 14.5. The van der Waals surface area contributed by atoms with Crippen LogP contribution in [-0.4, -0.2) is 15.9 Å². The smallest absolute Gasteiger partial charge is 0.176 e. The summed E-state index contributed by atoms with van der Waals surface area (Å²) in [6, 6.07) is 7.55. The quantitative estimate of drug-likeness (QED) is 0.534. The van der Waals surface area contributed by atoms with Gasteiger partial charge in [0.2, 0.25) is 0 Å². The number of aliphatic hydroxyl groups excluding tert-OH is 1. The number of aliphatic hydroxyl groups is 1. The minimum absolute atomic E-state index is 0.0543. The number of ketones is 1. The van der Waals surface area contributed by atoms with Gasteiger partial charge in [-0.05, 0) is 29.4 Å². The van der Waals surface area contributed by atoms with E-state index < -0.39 is 5.41 Å². The summed E-state index contributed by atoms with van der Waals surface area (Å²) >= 11 is 6.55. The summed E-state index contributed by atoms with van der Waals surface area (Å²) < 4.78 is 0. The highest BCUT2D eigenvalue weighted by Crippen LogP contribution is 2.68. The molecule has 2 unspecified atom stereocenters. The molecule has 2 atom stereocenters. The topological polar surface area (TPSA) is 50.2 Å². The molecule has 2 aliphatic rings. The molecule has 4 heteroatoms. The lowest BCUT2D eigenvalue weighted by Crippen LogP contribution is -2.51. The molecule has 0 amide bonds. The van der Waals surface area contributed by atoms with E-state index in [0.717, 1.165) is 22.0 Å². The molecular formula is C25H28ClNO2. The number of aromatic nitrogens is 1. The summed E-state index contributed by atoms with van der Waals surface area (Å²) in [5, 5.41) is 12.8. The lowest BCUT2D eigenvalue weighted by molar-refractivity contribution is -0.121. The zero-order chi connectivity index (χ0) is 21.5. The highest BCUT2D eigenvalue weighted by atomic mass is 35.5. The number of carbonyl (C=O) groups is 1. The Morgan fingerprint density at radius 2 is 1.79 bits per heavy atom. The molecule has 0 saturated heterocycles. The first-order valence-electron chi connectivity index (χ1n) is 10.1. The zero-order valence-corrected chi connectivity index (χ0v) is 18.9. The number of hydrogen-bond acceptors (Lipinski definition) is 3. The number of para-hydroxylation sites is 1. The molecule has 2 aliphatic carbocycles. The van der Waals surface area contributed by atoms with Crippen LogP contribution in [0.2, 0.25) is 5.02 Å². The van der Waals surface area contributed by atoms with Gasteiger partial charge in [-0.1, -0.05) is 83.0 Å². The SMILES string of the molecule is Cc1cccc2c(Cl)cc(C3=C(O)C4(C(C)(C)C)C=C(C(C)(C)C)C4C3=O)nc12. The van der Waals surface area contributed by atoms with Crippen LogP contribution >= 0.6 is 11.6 Å². The van der Waals surface area contributed by atoms with E-state index in [1.54, 1.807) is 6.07 Å². The second-order valence-electron chi connectivity index (χ2n) is 10.4. The lowest BCUT2D eigenvalue weighted by Gasteiger charge is -2.54. The maximum absolute atomic E-state index is 13.7. The number of pyridine rings is 1. The Balaban J connectivity index is 1.97. The van der Waals surface area contributed by atoms with Crippen LogP contribution in [0.3, 0.4) is 0 Å². The number of Topliss-reactive ketones (excluding diaryl/α,β-unsaturated/α-hetero) is 1. The fraction of sp³-hybridized carbons (Fsp3) is 0.440. The summed E-state index contributed by atoms with van der Waals surface area (Å²) in [7, 11) is 0. The third-order valence-corrected chi connectivity index (χ3v) is 6.95. The van der Waals surface area contributed by atoms with E-state index in [1.165, 1.54) is 0 Å². The van der Waals surface area contributed by atoms with Crippen molar-refractivity contribution >= 4 is 33.9 Å². The molecule has 0 radical (unpaired) electrons. The number of rotatable bonds is 1. The monoisotopic (exact) mass is 409 g/mol. The van der Waals surface area contributed by atoms with Gasteiger partial charge >= 0.3 is 0 Å². The molecule has 0 aliphatic heterocycles. The predicted molar refractivity (Wildman–Crippen MR) is 119 cm³/mol.